The first kappa shape index (κ1) is 14.0. The number of aromatic nitrogens is 3. The molecule has 0 aliphatic heterocycles. The van der Waals surface area contributed by atoms with Crippen molar-refractivity contribution in [1.82, 2.24) is 15.0 Å². The Labute approximate surface area is 118 Å². The van der Waals surface area contributed by atoms with Crippen LogP contribution in [0.5, 0.6) is 5.88 Å². The molecule has 0 fully saturated rings. The molecule has 0 spiro atoms. The minimum atomic E-state index is 0.200. The lowest BCUT2D eigenvalue weighted by atomic mass is 10.2. The van der Waals surface area contributed by atoms with Gasteiger partial charge in [-0.3, -0.25) is 4.98 Å². The van der Waals surface area contributed by atoms with Gasteiger partial charge in [-0.25, -0.2) is 4.98 Å². The van der Waals surface area contributed by atoms with Crippen molar-refractivity contribution in [3.05, 3.63) is 35.9 Å². The van der Waals surface area contributed by atoms with E-state index in [1.807, 2.05) is 26.0 Å². The highest BCUT2D eigenvalue weighted by atomic mass is 16.5. The summed E-state index contributed by atoms with van der Waals surface area (Å²) in [7, 11) is 1.55. The molecule has 0 aliphatic rings. The van der Waals surface area contributed by atoms with Crippen LogP contribution in [0.3, 0.4) is 0 Å². The molecule has 2 aromatic heterocycles. The second-order valence-corrected chi connectivity index (χ2v) is 4.72. The maximum absolute atomic E-state index is 6.00. The van der Waals surface area contributed by atoms with Crippen molar-refractivity contribution >= 4 is 11.5 Å². The van der Waals surface area contributed by atoms with Gasteiger partial charge in [0.25, 0.3) is 0 Å². The van der Waals surface area contributed by atoms with Gasteiger partial charge in [-0.2, -0.15) is 4.98 Å². The number of hydrogen-bond acceptors (Lipinski definition) is 6. The van der Waals surface area contributed by atoms with Gasteiger partial charge in [0.05, 0.1) is 7.11 Å². The summed E-state index contributed by atoms with van der Waals surface area (Å²) in [6.07, 6.45) is 3.50. The van der Waals surface area contributed by atoms with Crippen molar-refractivity contribution in [1.29, 1.82) is 0 Å². The number of anilines is 2. The lowest BCUT2D eigenvalue weighted by Gasteiger charge is -2.14. The van der Waals surface area contributed by atoms with Crippen molar-refractivity contribution in [2.75, 3.05) is 18.2 Å². The van der Waals surface area contributed by atoms with Crippen molar-refractivity contribution in [3.63, 3.8) is 0 Å². The zero-order valence-corrected chi connectivity index (χ0v) is 11.9. The second-order valence-electron chi connectivity index (χ2n) is 4.72. The Hall–Kier alpha value is -2.37. The average molecular weight is 273 g/mol. The van der Waals surface area contributed by atoms with Crippen LogP contribution in [0.15, 0.2) is 24.5 Å². The number of nitrogens with zero attached hydrogens (tertiary/aromatic N) is 3. The van der Waals surface area contributed by atoms with Crippen LogP contribution in [-0.4, -0.2) is 22.1 Å². The molecular weight excluding hydrogens is 254 g/mol. The first-order valence-electron chi connectivity index (χ1n) is 6.46. The Balaban J connectivity index is 2.24. The van der Waals surface area contributed by atoms with E-state index in [-0.39, 0.29) is 5.92 Å². The Morgan fingerprint density at radius 3 is 2.55 bits per heavy atom. The molecule has 6 nitrogen and oxygen atoms in total. The van der Waals surface area contributed by atoms with Crippen LogP contribution in [0.4, 0.5) is 11.5 Å². The zero-order chi connectivity index (χ0) is 14.5. The van der Waals surface area contributed by atoms with Crippen molar-refractivity contribution in [2.45, 2.75) is 26.3 Å². The molecule has 0 bridgehead atoms. The molecule has 0 unspecified atom stereocenters. The lowest BCUT2D eigenvalue weighted by Crippen LogP contribution is -2.10. The van der Waals surface area contributed by atoms with Gasteiger partial charge in [0.15, 0.2) is 5.82 Å². The lowest BCUT2D eigenvalue weighted by molar-refractivity contribution is 0.396. The zero-order valence-electron chi connectivity index (χ0n) is 11.9. The third-order valence-electron chi connectivity index (χ3n) is 2.85. The molecule has 0 saturated heterocycles. The normalized spacial score (nSPS) is 10.6. The molecule has 106 valence electrons. The van der Waals surface area contributed by atoms with Crippen LogP contribution >= 0.6 is 0 Å². The number of ether oxygens (including phenoxy) is 1. The maximum Gasteiger partial charge on any atom is 0.242 e. The number of nitrogens with one attached hydrogen (secondary N) is 1. The number of nitrogen functional groups attached to an aromatic ring is 1. The number of pyridine rings is 1. The molecule has 0 amide bonds. The first-order valence-corrected chi connectivity index (χ1v) is 6.46. The van der Waals surface area contributed by atoms with Gasteiger partial charge in [-0.15, -0.1) is 0 Å². The van der Waals surface area contributed by atoms with E-state index in [4.69, 9.17) is 10.5 Å². The summed E-state index contributed by atoms with van der Waals surface area (Å²) >= 11 is 0. The molecule has 0 aliphatic carbocycles. The van der Waals surface area contributed by atoms with Crippen LogP contribution in [0, 0.1) is 0 Å². The van der Waals surface area contributed by atoms with Crippen LogP contribution in [0.25, 0.3) is 0 Å². The smallest absolute Gasteiger partial charge is 0.242 e. The molecule has 20 heavy (non-hydrogen) atoms. The molecule has 0 aromatic carbocycles. The van der Waals surface area contributed by atoms with E-state index in [9.17, 15) is 0 Å². The summed E-state index contributed by atoms with van der Waals surface area (Å²) in [5.41, 5.74) is 7.52. The minimum absolute atomic E-state index is 0.200. The van der Waals surface area contributed by atoms with E-state index < -0.39 is 0 Å². The molecule has 0 radical (unpaired) electrons. The Morgan fingerprint density at radius 1 is 1.25 bits per heavy atom. The van der Waals surface area contributed by atoms with E-state index in [0.717, 1.165) is 5.56 Å². The predicted molar refractivity (Wildman–Crippen MR) is 78.6 cm³/mol. The Kier molecular flexibility index (Phi) is 4.34. The molecule has 2 heterocycles. The quantitative estimate of drug-likeness (QED) is 0.868. The van der Waals surface area contributed by atoms with Gasteiger partial charge in [-0.1, -0.05) is 13.8 Å². The van der Waals surface area contributed by atoms with Crippen molar-refractivity contribution in [3.8, 4) is 5.88 Å². The molecule has 0 saturated carbocycles. The summed E-state index contributed by atoms with van der Waals surface area (Å²) in [5, 5.41) is 3.22. The summed E-state index contributed by atoms with van der Waals surface area (Å²) in [6, 6.07) is 3.87. The number of rotatable bonds is 5. The van der Waals surface area contributed by atoms with E-state index in [1.165, 1.54) is 0 Å². The predicted octanol–water partition coefficient (Wildman–Crippen LogP) is 2.20. The van der Waals surface area contributed by atoms with Gasteiger partial charge < -0.3 is 15.8 Å². The molecule has 3 N–H and O–H groups in total. The van der Waals surface area contributed by atoms with Gasteiger partial charge in [0.1, 0.15) is 11.5 Å². The monoisotopic (exact) mass is 273 g/mol. The maximum atomic E-state index is 6.00. The summed E-state index contributed by atoms with van der Waals surface area (Å²) < 4.78 is 5.20. The van der Waals surface area contributed by atoms with Gasteiger partial charge in [0.2, 0.25) is 5.88 Å². The van der Waals surface area contributed by atoms with E-state index in [1.54, 1.807) is 19.5 Å². The number of hydrogen-bond donors (Lipinski definition) is 2. The molecule has 2 aromatic rings. The van der Waals surface area contributed by atoms with Crippen LogP contribution in [-0.2, 0) is 6.54 Å². The summed E-state index contributed by atoms with van der Waals surface area (Å²) in [6.45, 7) is 4.67. The minimum Gasteiger partial charge on any atom is -0.479 e. The largest absolute Gasteiger partial charge is 0.479 e. The number of nitrogens with two attached hydrogens (primary N) is 1. The standard InChI is InChI=1S/C14H19N5O/c1-9(2)12-18-13(11(15)14(19-12)20-3)17-8-10-4-6-16-7-5-10/h4-7,9H,8,15H2,1-3H3,(H,17,18,19). The topological polar surface area (TPSA) is 86.0 Å². The highest BCUT2D eigenvalue weighted by molar-refractivity contribution is 5.67. The summed E-state index contributed by atoms with van der Waals surface area (Å²) in [4.78, 5) is 12.7. The fraction of sp³-hybridized carbons (Fsp3) is 0.357. The van der Waals surface area contributed by atoms with E-state index in [0.29, 0.717) is 29.8 Å². The molecule has 0 atom stereocenters. The van der Waals surface area contributed by atoms with Crippen molar-refractivity contribution < 1.29 is 4.74 Å². The Morgan fingerprint density at radius 2 is 1.95 bits per heavy atom. The molecular formula is C14H19N5O. The van der Waals surface area contributed by atoms with Crippen LogP contribution in [0.1, 0.15) is 31.2 Å². The van der Waals surface area contributed by atoms with Crippen LogP contribution < -0.4 is 15.8 Å². The SMILES string of the molecule is COc1nc(C(C)C)nc(NCc2ccncc2)c1N. The summed E-state index contributed by atoms with van der Waals surface area (Å²) in [5.74, 6) is 1.90. The highest BCUT2D eigenvalue weighted by Crippen LogP contribution is 2.28. The fourth-order valence-electron chi connectivity index (χ4n) is 1.70. The number of methoxy groups -OCH3 is 1. The van der Waals surface area contributed by atoms with E-state index >= 15 is 0 Å². The van der Waals surface area contributed by atoms with Gasteiger partial charge >= 0.3 is 0 Å². The van der Waals surface area contributed by atoms with Crippen molar-refractivity contribution in [2.24, 2.45) is 0 Å². The third-order valence-corrected chi connectivity index (χ3v) is 2.85. The third kappa shape index (κ3) is 3.14. The fourth-order valence-corrected chi connectivity index (χ4v) is 1.70. The Bertz CT molecular complexity index is 571. The average Bonchev–Trinajstić information content (AvgIpc) is 2.47. The molecule has 2 rings (SSSR count). The second kappa shape index (κ2) is 6.18. The van der Waals surface area contributed by atoms with Gasteiger partial charge in [0, 0.05) is 24.9 Å². The molecule has 6 heteroatoms. The van der Waals surface area contributed by atoms with Crippen LogP contribution in [0.2, 0.25) is 0 Å². The highest BCUT2D eigenvalue weighted by Gasteiger charge is 2.14. The van der Waals surface area contributed by atoms with E-state index in [2.05, 4.69) is 20.3 Å². The van der Waals surface area contributed by atoms with Gasteiger partial charge in [-0.05, 0) is 17.7 Å². The first-order chi connectivity index (χ1) is 9.61.